The lowest BCUT2D eigenvalue weighted by Crippen LogP contribution is -2.39. The first-order valence-electron chi connectivity index (χ1n) is 11.0. The van der Waals surface area contributed by atoms with E-state index in [1.165, 1.54) is 17.3 Å². The molecule has 0 saturated carbocycles. The molecule has 0 spiro atoms. The molecule has 2 aliphatic heterocycles. The quantitative estimate of drug-likeness (QED) is 0.447. The third-order valence-electron chi connectivity index (χ3n) is 5.79. The van der Waals surface area contributed by atoms with Crippen LogP contribution in [0, 0.1) is 5.41 Å². The molecular weight excluding hydrogens is 436 g/mol. The molecule has 4 heterocycles. The highest BCUT2D eigenvalue weighted by Gasteiger charge is 2.27. The summed E-state index contributed by atoms with van der Waals surface area (Å²) in [6.45, 7) is 4.55. The van der Waals surface area contributed by atoms with Crippen LogP contribution in [-0.4, -0.2) is 64.2 Å². The third kappa shape index (κ3) is 4.76. The lowest BCUT2D eigenvalue weighted by molar-refractivity contribution is 0.122. The van der Waals surface area contributed by atoms with Crippen molar-refractivity contribution in [2.24, 2.45) is 0 Å². The Bertz CT molecular complexity index is 1120. The summed E-state index contributed by atoms with van der Waals surface area (Å²) in [5, 5.41) is 11.3. The van der Waals surface area contributed by atoms with Crippen LogP contribution < -0.4 is 15.1 Å². The monoisotopic (exact) mass is 462 g/mol. The lowest BCUT2D eigenvalue weighted by Gasteiger charge is -2.34. The maximum absolute atomic E-state index is 7.82. The smallest absolute Gasteiger partial charge is 0.225 e. The molecule has 0 unspecified atom stereocenters. The first-order valence-corrected chi connectivity index (χ1v) is 12.2. The molecule has 1 fully saturated rings. The predicted octanol–water partition coefficient (Wildman–Crippen LogP) is 3.04. The first-order chi connectivity index (χ1) is 16.2. The molecule has 33 heavy (non-hydrogen) atoms. The van der Waals surface area contributed by atoms with Gasteiger partial charge in [0.05, 0.1) is 25.5 Å². The summed E-state index contributed by atoms with van der Waals surface area (Å²) in [5.41, 5.74) is 4.05. The number of anilines is 3. The summed E-state index contributed by atoms with van der Waals surface area (Å²) in [7, 11) is 0. The van der Waals surface area contributed by atoms with Gasteiger partial charge in [0.15, 0.2) is 11.0 Å². The van der Waals surface area contributed by atoms with Gasteiger partial charge in [0.1, 0.15) is 5.82 Å². The number of rotatable bonds is 4. The zero-order valence-electron chi connectivity index (χ0n) is 18.5. The topological polar surface area (TPSA) is 103 Å². The minimum atomic E-state index is 0.408. The van der Waals surface area contributed by atoms with Crippen molar-refractivity contribution in [3.8, 4) is 11.4 Å². The molecule has 2 aromatic heterocycles. The predicted molar refractivity (Wildman–Crippen MR) is 132 cm³/mol. The summed E-state index contributed by atoms with van der Waals surface area (Å²) in [5.74, 6) is 2.44. The highest BCUT2D eigenvalue weighted by Crippen LogP contribution is 2.31. The average molecular weight is 463 g/mol. The number of amidine groups is 1. The van der Waals surface area contributed by atoms with E-state index in [4.69, 9.17) is 20.1 Å². The molecule has 1 saturated heterocycles. The zero-order chi connectivity index (χ0) is 22.6. The Kier molecular flexibility index (Phi) is 6.36. The van der Waals surface area contributed by atoms with Crippen LogP contribution in [0.4, 0.5) is 17.5 Å². The average Bonchev–Trinajstić information content (AvgIpc) is 2.89. The van der Waals surface area contributed by atoms with Crippen molar-refractivity contribution in [2.45, 2.75) is 13.0 Å². The van der Waals surface area contributed by atoms with E-state index >= 15 is 0 Å². The van der Waals surface area contributed by atoms with Gasteiger partial charge in [0, 0.05) is 48.8 Å². The van der Waals surface area contributed by atoms with Crippen LogP contribution in [0.3, 0.4) is 0 Å². The minimum Gasteiger partial charge on any atom is -0.378 e. The fourth-order valence-corrected chi connectivity index (χ4v) is 4.31. The van der Waals surface area contributed by atoms with Crippen molar-refractivity contribution in [3.63, 3.8) is 0 Å². The zero-order valence-corrected chi connectivity index (χ0v) is 19.3. The molecule has 9 nitrogen and oxygen atoms in total. The van der Waals surface area contributed by atoms with Crippen LogP contribution in [0.2, 0.25) is 0 Å². The van der Waals surface area contributed by atoms with Crippen LogP contribution >= 0.6 is 11.8 Å². The highest BCUT2D eigenvalue weighted by molar-refractivity contribution is 8.13. The van der Waals surface area contributed by atoms with Gasteiger partial charge >= 0.3 is 0 Å². The Hall–Kier alpha value is -3.24. The van der Waals surface area contributed by atoms with Crippen LogP contribution in [0.15, 0.2) is 42.7 Å². The number of aromatic nitrogens is 4. The van der Waals surface area contributed by atoms with Crippen molar-refractivity contribution in [2.75, 3.05) is 54.2 Å². The summed E-state index contributed by atoms with van der Waals surface area (Å²) < 4.78 is 5.57. The number of hydrogen-bond donors (Lipinski definition) is 2. The van der Waals surface area contributed by atoms with E-state index in [1.54, 1.807) is 12.4 Å². The van der Waals surface area contributed by atoms with Gasteiger partial charge < -0.3 is 19.9 Å². The number of hydrogen-bond acceptors (Lipinski definition) is 9. The van der Waals surface area contributed by atoms with Crippen molar-refractivity contribution in [1.82, 2.24) is 19.9 Å². The SMILES string of the molecule is CSC(=N)Nc1ccc(-c2nc3c(c(N4CCOCC4)n2)CCN(c2ncccn2)C3)cc1. The standard InChI is InChI=1S/C23H26N8OS/c1-33-22(24)27-17-5-3-16(4-6-17)20-28-19-15-31(23-25-8-2-9-26-23)10-7-18(19)21(29-20)30-11-13-32-14-12-30/h2-6,8-9H,7,10-15H2,1H3,(H2,24,27). The van der Waals surface area contributed by atoms with E-state index in [9.17, 15) is 0 Å². The number of nitrogens with zero attached hydrogens (tertiary/aromatic N) is 6. The Labute approximate surface area is 197 Å². The van der Waals surface area contributed by atoms with Crippen molar-refractivity contribution < 1.29 is 4.74 Å². The summed E-state index contributed by atoms with van der Waals surface area (Å²) >= 11 is 1.37. The summed E-state index contributed by atoms with van der Waals surface area (Å²) in [6.07, 6.45) is 6.27. The number of benzene rings is 1. The second-order valence-corrected chi connectivity index (χ2v) is 8.67. The van der Waals surface area contributed by atoms with Gasteiger partial charge in [-0.1, -0.05) is 11.8 Å². The first kappa shape index (κ1) is 21.6. The molecule has 10 heteroatoms. The van der Waals surface area contributed by atoms with Gasteiger partial charge in [-0.15, -0.1) is 0 Å². The Morgan fingerprint density at radius 2 is 1.79 bits per heavy atom. The van der Waals surface area contributed by atoms with E-state index in [0.717, 1.165) is 54.8 Å². The molecule has 0 radical (unpaired) electrons. The van der Waals surface area contributed by atoms with Gasteiger partial charge in [-0.2, -0.15) is 0 Å². The number of ether oxygens (including phenoxy) is 1. The molecule has 0 aliphatic carbocycles. The number of nitrogens with one attached hydrogen (secondary N) is 2. The molecule has 0 bridgehead atoms. The van der Waals surface area contributed by atoms with Crippen LogP contribution in [0.25, 0.3) is 11.4 Å². The normalized spacial score (nSPS) is 15.8. The van der Waals surface area contributed by atoms with Crippen molar-refractivity contribution >= 4 is 34.4 Å². The Morgan fingerprint density at radius 3 is 2.52 bits per heavy atom. The third-order valence-corrected chi connectivity index (χ3v) is 6.30. The van der Waals surface area contributed by atoms with Crippen LogP contribution in [-0.2, 0) is 17.7 Å². The molecule has 170 valence electrons. The van der Waals surface area contributed by atoms with Gasteiger partial charge in [-0.05, 0) is 43.0 Å². The number of morpholine rings is 1. The second kappa shape index (κ2) is 9.72. The van der Waals surface area contributed by atoms with Gasteiger partial charge in [0.25, 0.3) is 0 Å². The molecule has 0 atom stereocenters. The van der Waals surface area contributed by atoms with E-state index in [-0.39, 0.29) is 0 Å². The molecule has 2 aliphatic rings. The molecular formula is C23H26N8OS. The van der Waals surface area contributed by atoms with Crippen LogP contribution in [0.5, 0.6) is 0 Å². The molecule has 1 aromatic carbocycles. The van der Waals surface area contributed by atoms with Crippen molar-refractivity contribution in [3.05, 3.63) is 54.0 Å². The summed E-state index contributed by atoms with van der Waals surface area (Å²) in [4.78, 5) is 23.4. The molecule has 5 rings (SSSR count). The largest absolute Gasteiger partial charge is 0.378 e. The van der Waals surface area contributed by atoms with Crippen LogP contribution in [0.1, 0.15) is 11.3 Å². The number of fused-ring (bicyclic) bond motifs is 1. The molecule has 0 amide bonds. The van der Waals surface area contributed by atoms with Gasteiger partial charge in [0.2, 0.25) is 5.95 Å². The lowest BCUT2D eigenvalue weighted by atomic mass is 10.0. The van der Waals surface area contributed by atoms with E-state index < -0.39 is 0 Å². The minimum absolute atomic E-state index is 0.408. The molecule has 2 N–H and O–H groups in total. The fraction of sp³-hybridized carbons (Fsp3) is 0.348. The highest BCUT2D eigenvalue weighted by atomic mass is 32.2. The Morgan fingerprint density at radius 1 is 1.03 bits per heavy atom. The fourth-order valence-electron chi connectivity index (χ4n) is 4.09. The van der Waals surface area contributed by atoms with E-state index in [0.29, 0.717) is 30.8 Å². The van der Waals surface area contributed by atoms with Crippen molar-refractivity contribution in [1.29, 1.82) is 5.41 Å². The Balaban J connectivity index is 1.50. The van der Waals surface area contributed by atoms with E-state index in [1.807, 2.05) is 36.6 Å². The second-order valence-electron chi connectivity index (χ2n) is 7.85. The molecule has 3 aromatic rings. The maximum atomic E-state index is 7.82. The number of thioether (sulfide) groups is 1. The summed E-state index contributed by atoms with van der Waals surface area (Å²) in [6, 6.07) is 9.75. The maximum Gasteiger partial charge on any atom is 0.225 e. The van der Waals surface area contributed by atoms with Gasteiger partial charge in [-0.25, -0.2) is 19.9 Å². The van der Waals surface area contributed by atoms with E-state index in [2.05, 4.69) is 25.1 Å². The van der Waals surface area contributed by atoms with Gasteiger partial charge in [-0.3, -0.25) is 5.41 Å².